The van der Waals surface area contributed by atoms with Gasteiger partial charge >= 0.3 is 0 Å². The molecule has 0 aromatic heterocycles. The minimum Gasteiger partial charge on any atom is -0.489 e. The van der Waals surface area contributed by atoms with E-state index in [2.05, 4.69) is 5.32 Å². The molecular formula is C16H15F2NO3. The predicted octanol–water partition coefficient (Wildman–Crippen LogP) is 2.27. The maximum atomic E-state index is 13.1. The summed E-state index contributed by atoms with van der Waals surface area (Å²) in [6.07, 6.45) is 0. The third-order valence-corrected chi connectivity index (χ3v) is 2.90. The Hall–Kier alpha value is -2.47. The third kappa shape index (κ3) is 4.26. The average molecular weight is 307 g/mol. The fourth-order valence-electron chi connectivity index (χ4n) is 1.77. The van der Waals surface area contributed by atoms with Crippen molar-refractivity contribution in [1.29, 1.82) is 0 Å². The third-order valence-electron chi connectivity index (χ3n) is 2.90. The van der Waals surface area contributed by atoms with Gasteiger partial charge in [-0.2, -0.15) is 0 Å². The molecule has 116 valence electrons. The Balaban J connectivity index is 1.93. The van der Waals surface area contributed by atoms with E-state index in [-0.39, 0.29) is 25.7 Å². The summed E-state index contributed by atoms with van der Waals surface area (Å²) in [6, 6.07) is 9.92. The normalized spacial score (nSPS) is 10.3. The van der Waals surface area contributed by atoms with Gasteiger partial charge in [-0.15, -0.1) is 0 Å². The van der Waals surface area contributed by atoms with Gasteiger partial charge in [0.15, 0.2) is 11.6 Å². The standard InChI is InChI=1S/C16H15F2NO3/c17-14-6-1-11(9-15(14)18)10-22-13-4-2-12(3-5-13)16(21)19-7-8-20/h1-6,9,20H,7-8,10H2,(H,19,21). The van der Waals surface area contributed by atoms with Crippen LogP contribution in [0, 0.1) is 11.6 Å². The number of nitrogens with one attached hydrogen (secondary N) is 1. The van der Waals surface area contributed by atoms with Crippen molar-refractivity contribution in [2.24, 2.45) is 0 Å². The van der Waals surface area contributed by atoms with Crippen LogP contribution < -0.4 is 10.1 Å². The Morgan fingerprint density at radius 2 is 1.82 bits per heavy atom. The highest BCUT2D eigenvalue weighted by molar-refractivity contribution is 5.94. The maximum Gasteiger partial charge on any atom is 0.251 e. The van der Waals surface area contributed by atoms with E-state index in [1.165, 1.54) is 6.07 Å². The molecule has 0 fully saturated rings. The fourth-order valence-corrected chi connectivity index (χ4v) is 1.77. The number of carbonyl (C=O) groups is 1. The molecule has 0 aliphatic carbocycles. The fraction of sp³-hybridized carbons (Fsp3) is 0.188. The van der Waals surface area contributed by atoms with Crippen LogP contribution in [0.25, 0.3) is 0 Å². The van der Waals surface area contributed by atoms with Crippen molar-refractivity contribution in [2.75, 3.05) is 13.2 Å². The van der Waals surface area contributed by atoms with Crippen LogP contribution in [0.3, 0.4) is 0 Å². The van der Waals surface area contributed by atoms with E-state index in [0.717, 1.165) is 12.1 Å². The van der Waals surface area contributed by atoms with Crippen LogP contribution in [-0.2, 0) is 6.61 Å². The van der Waals surface area contributed by atoms with Gasteiger partial charge in [0.05, 0.1) is 6.61 Å². The zero-order chi connectivity index (χ0) is 15.9. The summed E-state index contributed by atoms with van der Waals surface area (Å²) in [4.78, 5) is 11.6. The maximum absolute atomic E-state index is 13.1. The second-order valence-electron chi connectivity index (χ2n) is 4.54. The Kier molecular flexibility index (Phi) is 5.43. The Morgan fingerprint density at radius 1 is 1.09 bits per heavy atom. The van der Waals surface area contributed by atoms with Crippen LogP contribution in [0.2, 0.25) is 0 Å². The molecule has 0 aliphatic rings. The predicted molar refractivity (Wildman–Crippen MR) is 76.6 cm³/mol. The summed E-state index contributed by atoms with van der Waals surface area (Å²) in [5, 5.41) is 11.2. The van der Waals surface area contributed by atoms with Crippen molar-refractivity contribution in [2.45, 2.75) is 6.61 Å². The highest BCUT2D eigenvalue weighted by Gasteiger charge is 2.06. The molecule has 1 amide bonds. The van der Waals surface area contributed by atoms with Crippen molar-refractivity contribution in [3.63, 3.8) is 0 Å². The number of aliphatic hydroxyl groups is 1. The smallest absolute Gasteiger partial charge is 0.251 e. The molecule has 0 bridgehead atoms. The van der Waals surface area contributed by atoms with Gasteiger partial charge in [0.2, 0.25) is 0 Å². The first-order valence-electron chi connectivity index (χ1n) is 6.66. The number of amides is 1. The number of hydrogen-bond acceptors (Lipinski definition) is 3. The number of ether oxygens (including phenoxy) is 1. The molecular weight excluding hydrogens is 292 g/mol. The summed E-state index contributed by atoms with van der Waals surface area (Å²) in [5.74, 6) is -1.61. The van der Waals surface area contributed by atoms with Gasteiger partial charge < -0.3 is 15.2 Å². The molecule has 4 nitrogen and oxygen atoms in total. The van der Waals surface area contributed by atoms with E-state index in [4.69, 9.17) is 9.84 Å². The van der Waals surface area contributed by atoms with Gasteiger partial charge in [-0.05, 0) is 42.0 Å². The molecule has 0 saturated carbocycles. The molecule has 6 heteroatoms. The molecule has 2 N–H and O–H groups in total. The van der Waals surface area contributed by atoms with Gasteiger partial charge in [0.25, 0.3) is 5.91 Å². The van der Waals surface area contributed by atoms with E-state index >= 15 is 0 Å². The van der Waals surface area contributed by atoms with Crippen molar-refractivity contribution in [3.05, 3.63) is 65.2 Å². The highest BCUT2D eigenvalue weighted by Crippen LogP contribution is 2.15. The number of benzene rings is 2. The highest BCUT2D eigenvalue weighted by atomic mass is 19.2. The summed E-state index contributed by atoms with van der Waals surface area (Å²) < 4.78 is 31.3. The molecule has 0 saturated heterocycles. The lowest BCUT2D eigenvalue weighted by Crippen LogP contribution is -2.26. The van der Waals surface area contributed by atoms with Gasteiger partial charge in [0.1, 0.15) is 12.4 Å². The first kappa shape index (κ1) is 15.9. The lowest BCUT2D eigenvalue weighted by molar-refractivity contribution is 0.0944. The molecule has 0 unspecified atom stereocenters. The minimum atomic E-state index is -0.919. The number of aliphatic hydroxyl groups excluding tert-OH is 1. The Labute approximate surface area is 126 Å². The van der Waals surface area contributed by atoms with Gasteiger partial charge in [0, 0.05) is 12.1 Å². The SMILES string of the molecule is O=C(NCCO)c1ccc(OCc2ccc(F)c(F)c2)cc1. The molecule has 0 heterocycles. The zero-order valence-corrected chi connectivity index (χ0v) is 11.7. The van der Waals surface area contributed by atoms with Gasteiger partial charge in [-0.3, -0.25) is 4.79 Å². The first-order chi connectivity index (χ1) is 10.6. The van der Waals surface area contributed by atoms with Crippen LogP contribution in [0.4, 0.5) is 8.78 Å². The van der Waals surface area contributed by atoms with Gasteiger partial charge in [-0.25, -0.2) is 8.78 Å². The number of hydrogen-bond donors (Lipinski definition) is 2. The molecule has 2 aromatic rings. The summed E-state index contributed by atoms with van der Waals surface area (Å²) >= 11 is 0. The van der Waals surface area contributed by atoms with Crippen molar-refractivity contribution >= 4 is 5.91 Å². The molecule has 22 heavy (non-hydrogen) atoms. The molecule has 0 spiro atoms. The van der Waals surface area contributed by atoms with Crippen LogP contribution in [0.5, 0.6) is 5.75 Å². The first-order valence-corrected chi connectivity index (χ1v) is 6.66. The van der Waals surface area contributed by atoms with Crippen LogP contribution in [0.15, 0.2) is 42.5 Å². The van der Waals surface area contributed by atoms with Crippen molar-refractivity contribution < 1.29 is 23.4 Å². The zero-order valence-electron chi connectivity index (χ0n) is 11.7. The van der Waals surface area contributed by atoms with Crippen LogP contribution >= 0.6 is 0 Å². The number of halogens is 2. The Morgan fingerprint density at radius 3 is 2.45 bits per heavy atom. The summed E-state index contributed by atoms with van der Waals surface area (Å²) in [5.41, 5.74) is 0.942. The van der Waals surface area contributed by atoms with Crippen LogP contribution in [0.1, 0.15) is 15.9 Å². The minimum absolute atomic E-state index is 0.0905. The molecule has 0 radical (unpaired) electrons. The quantitative estimate of drug-likeness (QED) is 0.860. The number of carbonyl (C=O) groups excluding carboxylic acids is 1. The Bertz CT molecular complexity index is 644. The lowest BCUT2D eigenvalue weighted by atomic mass is 10.2. The van der Waals surface area contributed by atoms with Crippen LogP contribution in [-0.4, -0.2) is 24.2 Å². The summed E-state index contributed by atoms with van der Waals surface area (Å²) in [6.45, 7) is 0.154. The van der Waals surface area contributed by atoms with E-state index in [0.29, 0.717) is 16.9 Å². The van der Waals surface area contributed by atoms with Crippen molar-refractivity contribution in [1.82, 2.24) is 5.32 Å². The topological polar surface area (TPSA) is 58.6 Å². The molecule has 2 rings (SSSR count). The summed E-state index contributed by atoms with van der Waals surface area (Å²) in [7, 11) is 0. The average Bonchev–Trinajstić information content (AvgIpc) is 2.54. The monoisotopic (exact) mass is 307 g/mol. The molecule has 0 atom stereocenters. The lowest BCUT2D eigenvalue weighted by Gasteiger charge is -2.08. The van der Waals surface area contributed by atoms with E-state index in [1.807, 2.05) is 0 Å². The largest absolute Gasteiger partial charge is 0.489 e. The van der Waals surface area contributed by atoms with E-state index in [9.17, 15) is 13.6 Å². The second-order valence-corrected chi connectivity index (χ2v) is 4.54. The van der Waals surface area contributed by atoms with E-state index in [1.54, 1.807) is 24.3 Å². The number of rotatable bonds is 6. The van der Waals surface area contributed by atoms with E-state index < -0.39 is 11.6 Å². The second kappa shape index (κ2) is 7.51. The molecule has 0 aliphatic heterocycles. The van der Waals surface area contributed by atoms with Gasteiger partial charge in [-0.1, -0.05) is 6.07 Å². The van der Waals surface area contributed by atoms with Crippen molar-refractivity contribution in [3.8, 4) is 5.75 Å². The molecule has 2 aromatic carbocycles.